The SMILES string of the molecule is CNc1cc(NC)c(C)c(NC=S)c1. The number of hydrogen-bond acceptors (Lipinski definition) is 3. The van der Waals surface area contributed by atoms with E-state index in [1.165, 1.54) is 5.49 Å². The van der Waals surface area contributed by atoms with Gasteiger partial charge in [0, 0.05) is 31.2 Å². The van der Waals surface area contributed by atoms with Crippen LogP contribution in [0.4, 0.5) is 17.1 Å². The van der Waals surface area contributed by atoms with Crippen LogP contribution in [0, 0.1) is 6.92 Å². The van der Waals surface area contributed by atoms with Gasteiger partial charge in [-0.25, -0.2) is 0 Å². The summed E-state index contributed by atoms with van der Waals surface area (Å²) in [5.74, 6) is 0. The number of anilines is 3. The van der Waals surface area contributed by atoms with Crippen LogP contribution in [0.2, 0.25) is 0 Å². The number of nitrogens with one attached hydrogen (secondary N) is 3. The highest BCUT2D eigenvalue weighted by Crippen LogP contribution is 2.27. The normalized spacial score (nSPS) is 9.36. The van der Waals surface area contributed by atoms with Crippen LogP contribution in [0.1, 0.15) is 5.56 Å². The second-order valence-electron chi connectivity index (χ2n) is 2.96. The highest BCUT2D eigenvalue weighted by Gasteiger charge is 2.04. The summed E-state index contributed by atoms with van der Waals surface area (Å²) in [4.78, 5) is 0. The molecule has 0 unspecified atom stereocenters. The van der Waals surface area contributed by atoms with Gasteiger partial charge in [-0.15, -0.1) is 0 Å². The first-order valence-electron chi connectivity index (χ1n) is 4.43. The minimum absolute atomic E-state index is 1.02. The molecule has 0 saturated carbocycles. The van der Waals surface area contributed by atoms with Gasteiger partial charge in [0.1, 0.15) is 0 Å². The molecule has 0 saturated heterocycles. The van der Waals surface area contributed by atoms with E-state index >= 15 is 0 Å². The van der Waals surface area contributed by atoms with Crippen molar-refractivity contribution in [3.8, 4) is 0 Å². The molecule has 1 rings (SSSR count). The molecule has 3 N–H and O–H groups in total. The van der Waals surface area contributed by atoms with E-state index in [1.807, 2.05) is 27.1 Å². The lowest BCUT2D eigenvalue weighted by molar-refractivity contribution is 1.39. The lowest BCUT2D eigenvalue weighted by Crippen LogP contribution is -2.01. The Morgan fingerprint density at radius 3 is 2.29 bits per heavy atom. The smallest absolute Gasteiger partial charge is 0.0659 e. The van der Waals surface area contributed by atoms with E-state index in [4.69, 9.17) is 12.2 Å². The van der Waals surface area contributed by atoms with Crippen LogP contribution in [0.25, 0.3) is 0 Å². The van der Waals surface area contributed by atoms with Crippen LogP contribution >= 0.6 is 12.2 Å². The second-order valence-corrected chi connectivity index (χ2v) is 3.19. The van der Waals surface area contributed by atoms with Crippen LogP contribution in [0.3, 0.4) is 0 Å². The van der Waals surface area contributed by atoms with Crippen molar-refractivity contribution in [1.29, 1.82) is 0 Å². The van der Waals surface area contributed by atoms with Gasteiger partial charge in [-0.1, -0.05) is 12.2 Å². The van der Waals surface area contributed by atoms with Gasteiger partial charge in [0.2, 0.25) is 0 Å². The van der Waals surface area contributed by atoms with Crippen molar-refractivity contribution in [2.45, 2.75) is 6.92 Å². The third-order valence-electron chi connectivity index (χ3n) is 2.18. The molecule has 0 aliphatic heterocycles. The molecule has 0 heterocycles. The molecule has 0 bridgehead atoms. The van der Waals surface area contributed by atoms with E-state index < -0.39 is 0 Å². The molecule has 0 spiro atoms. The van der Waals surface area contributed by atoms with E-state index in [2.05, 4.69) is 22.0 Å². The van der Waals surface area contributed by atoms with E-state index in [0.29, 0.717) is 0 Å². The molecule has 0 atom stereocenters. The summed E-state index contributed by atoms with van der Waals surface area (Å²) in [5, 5.41) is 9.28. The van der Waals surface area contributed by atoms with Crippen molar-refractivity contribution in [3.63, 3.8) is 0 Å². The largest absolute Gasteiger partial charge is 0.388 e. The fraction of sp³-hybridized carbons (Fsp3) is 0.300. The predicted molar refractivity (Wildman–Crippen MR) is 67.6 cm³/mol. The van der Waals surface area contributed by atoms with Gasteiger partial charge in [-0.3, -0.25) is 0 Å². The highest BCUT2D eigenvalue weighted by atomic mass is 32.1. The van der Waals surface area contributed by atoms with Crippen LogP contribution < -0.4 is 16.0 Å². The Morgan fingerprint density at radius 2 is 1.79 bits per heavy atom. The molecule has 1 aromatic carbocycles. The molecular weight excluding hydrogens is 194 g/mol. The average molecular weight is 209 g/mol. The zero-order chi connectivity index (χ0) is 10.6. The Labute approximate surface area is 89.9 Å². The van der Waals surface area contributed by atoms with Gasteiger partial charge in [0.15, 0.2) is 0 Å². The molecule has 0 amide bonds. The van der Waals surface area contributed by atoms with Crippen molar-refractivity contribution < 1.29 is 0 Å². The van der Waals surface area contributed by atoms with Gasteiger partial charge in [0.05, 0.1) is 5.49 Å². The van der Waals surface area contributed by atoms with Gasteiger partial charge in [0.25, 0.3) is 0 Å². The lowest BCUT2D eigenvalue weighted by atomic mass is 10.1. The molecule has 0 aliphatic rings. The number of rotatable bonds is 4. The predicted octanol–water partition coefficient (Wildman–Crippen LogP) is 2.45. The molecule has 14 heavy (non-hydrogen) atoms. The number of hydrogen-bond donors (Lipinski definition) is 3. The number of benzene rings is 1. The van der Waals surface area contributed by atoms with Gasteiger partial charge in [-0.05, 0) is 24.6 Å². The fourth-order valence-electron chi connectivity index (χ4n) is 1.33. The van der Waals surface area contributed by atoms with E-state index in [0.717, 1.165) is 22.6 Å². The minimum atomic E-state index is 1.02. The molecule has 4 heteroatoms. The van der Waals surface area contributed by atoms with Crippen molar-refractivity contribution in [3.05, 3.63) is 17.7 Å². The standard InChI is InChI=1S/C10H15N3S/c1-7-9(12-3)4-8(11-2)5-10(7)13-6-14/h4-6,11-12H,1-3H3,(H,13,14). The summed E-state index contributed by atoms with van der Waals surface area (Å²) in [5.41, 5.74) is 5.85. The Balaban J connectivity index is 3.19. The lowest BCUT2D eigenvalue weighted by Gasteiger charge is -2.13. The maximum Gasteiger partial charge on any atom is 0.0659 e. The average Bonchev–Trinajstić information content (AvgIpc) is 2.21. The molecular formula is C10H15N3S. The summed E-state index contributed by atoms with van der Waals surface area (Å²) in [6.45, 7) is 2.05. The Kier molecular flexibility index (Phi) is 3.71. The van der Waals surface area contributed by atoms with Crippen LogP contribution in [0.15, 0.2) is 12.1 Å². The zero-order valence-electron chi connectivity index (χ0n) is 8.64. The Morgan fingerprint density at radius 1 is 1.14 bits per heavy atom. The minimum Gasteiger partial charge on any atom is -0.388 e. The summed E-state index contributed by atoms with van der Waals surface area (Å²) in [7, 11) is 3.80. The monoisotopic (exact) mass is 209 g/mol. The first-order chi connectivity index (χ1) is 6.72. The van der Waals surface area contributed by atoms with Gasteiger partial charge in [-0.2, -0.15) is 0 Å². The van der Waals surface area contributed by atoms with Crippen LogP contribution in [-0.4, -0.2) is 19.6 Å². The maximum atomic E-state index is 4.78. The Bertz CT molecular complexity index is 336. The van der Waals surface area contributed by atoms with E-state index in [1.54, 1.807) is 0 Å². The summed E-state index contributed by atoms with van der Waals surface area (Å²) < 4.78 is 0. The molecule has 1 aromatic rings. The maximum absolute atomic E-state index is 4.78. The van der Waals surface area contributed by atoms with Crippen LogP contribution in [-0.2, 0) is 0 Å². The van der Waals surface area contributed by atoms with Crippen molar-refractivity contribution in [1.82, 2.24) is 0 Å². The topological polar surface area (TPSA) is 36.1 Å². The first-order valence-corrected chi connectivity index (χ1v) is 4.90. The van der Waals surface area contributed by atoms with Crippen molar-refractivity contribution in [2.75, 3.05) is 30.0 Å². The van der Waals surface area contributed by atoms with E-state index in [9.17, 15) is 0 Å². The molecule has 0 fully saturated rings. The molecule has 0 radical (unpaired) electrons. The first kappa shape index (κ1) is 10.8. The third-order valence-corrected chi connectivity index (χ3v) is 2.30. The summed E-state index contributed by atoms with van der Waals surface area (Å²) in [6.07, 6.45) is 0. The highest BCUT2D eigenvalue weighted by molar-refractivity contribution is 7.79. The van der Waals surface area contributed by atoms with Crippen LogP contribution in [0.5, 0.6) is 0 Å². The third kappa shape index (κ3) is 2.14. The quantitative estimate of drug-likeness (QED) is 0.666. The van der Waals surface area contributed by atoms with Gasteiger partial charge >= 0.3 is 0 Å². The van der Waals surface area contributed by atoms with E-state index in [-0.39, 0.29) is 0 Å². The van der Waals surface area contributed by atoms with Crippen molar-refractivity contribution >= 4 is 34.8 Å². The molecule has 76 valence electrons. The number of thiocarbonyl (C=S) groups is 1. The Hall–Kier alpha value is -1.29. The molecule has 0 aliphatic carbocycles. The summed E-state index contributed by atoms with van der Waals surface area (Å²) >= 11 is 4.78. The van der Waals surface area contributed by atoms with Crippen molar-refractivity contribution in [2.24, 2.45) is 0 Å². The zero-order valence-corrected chi connectivity index (χ0v) is 9.46. The second kappa shape index (κ2) is 4.81. The molecule has 3 nitrogen and oxygen atoms in total. The molecule has 0 aromatic heterocycles. The van der Waals surface area contributed by atoms with Gasteiger partial charge < -0.3 is 16.0 Å². The fourth-order valence-corrected chi connectivity index (χ4v) is 1.46. The summed E-state index contributed by atoms with van der Waals surface area (Å²) in [6, 6.07) is 4.09.